The van der Waals surface area contributed by atoms with E-state index in [1.54, 1.807) is 6.92 Å². The Hall–Kier alpha value is -2.39. The number of hydrogen-bond acceptors (Lipinski definition) is 7. The second kappa shape index (κ2) is 9.01. The smallest absolute Gasteiger partial charge is 0.348 e. The van der Waals surface area contributed by atoms with Crippen LogP contribution in [0.15, 0.2) is 6.20 Å². The van der Waals surface area contributed by atoms with Crippen LogP contribution in [0, 0.1) is 6.92 Å². The van der Waals surface area contributed by atoms with Gasteiger partial charge in [0.25, 0.3) is 5.91 Å². The predicted octanol–water partition coefficient (Wildman–Crippen LogP) is 3.53. The molecule has 1 amide bonds. The highest BCUT2D eigenvalue weighted by molar-refractivity contribution is 7.18. The highest BCUT2D eigenvalue weighted by atomic mass is 35.5. The van der Waals surface area contributed by atoms with Crippen molar-refractivity contribution in [3.05, 3.63) is 32.9 Å². The summed E-state index contributed by atoms with van der Waals surface area (Å²) in [7, 11) is 1.24. The summed E-state index contributed by atoms with van der Waals surface area (Å²) in [6.07, 6.45) is 2.18. The molecule has 0 unspecified atom stereocenters. The second-order valence-electron chi connectivity index (χ2n) is 5.52. The zero-order valence-electron chi connectivity index (χ0n) is 15.4. The Labute approximate surface area is 165 Å². The van der Waals surface area contributed by atoms with E-state index < -0.39 is 17.8 Å². The second-order valence-corrected chi connectivity index (χ2v) is 6.95. The molecule has 2 heterocycles. The number of nitrogens with one attached hydrogen (secondary N) is 1. The first-order chi connectivity index (χ1) is 12.8. The summed E-state index contributed by atoms with van der Waals surface area (Å²) in [5.41, 5.74) is 0.527. The fraction of sp³-hybridized carbons (Fsp3) is 0.412. The van der Waals surface area contributed by atoms with Crippen LogP contribution in [0.2, 0.25) is 5.02 Å². The van der Waals surface area contributed by atoms with Gasteiger partial charge in [-0.25, -0.2) is 9.59 Å². The van der Waals surface area contributed by atoms with Crippen LogP contribution >= 0.6 is 22.9 Å². The third kappa shape index (κ3) is 4.48. The zero-order valence-corrected chi connectivity index (χ0v) is 17.0. The van der Waals surface area contributed by atoms with Crippen molar-refractivity contribution in [1.29, 1.82) is 0 Å². The summed E-state index contributed by atoms with van der Waals surface area (Å²) in [5, 5.41) is 7.08. The van der Waals surface area contributed by atoms with Gasteiger partial charge in [0.2, 0.25) is 0 Å². The van der Waals surface area contributed by atoms with Crippen molar-refractivity contribution in [1.82, 2.24) is 9.78 Å². The molecule has 0 aliphatic carbocycles. The third-order valence-electron chi connectivity index (χ3n) is 3.64. The lowest BCUT2D eigenvalue weighted by Gasteiger charge is -2.07. The first kappa shape index (κ1) is 20.9. The molecule has 146 valence electrons. The fourth-order valence-corrected chi connectivity index (χ4v) is 3.62. The van der Waals surface area contributed by atoms with Crippen molar-refractivity contribution >= 4 is 45.8 Å². The average molecular weight is 414 g/mol. The molecule has 1 N–H and O–H groups in total. The van der Waals surface area contributed by atoms with E-state index >= 15 is 0 Å². The molecule has 2 aromatic rings. The minimum absolute atomic E-state index is 0.0251. The molecule has 0 radical (unpaired) electrons. The van der Waals surface area contributed by atoms with Gasteiger partial charge in [0.05, 0.1) is 24.3 Å². The monoisotopic (exact) mass is 413 g/mol. The van der Waals surface area contributed by atoms with Gasteiger partial charge >= 0.3 is 11.9 Å². The number of halogens is 1. The van der Waals surface area contributed by atoms with Crippen molar-refractivity contribution in [3.63, 3.8) is 0 Å². The van der Waals surface area contributed by atoms with Crippen molar-refractivity contribution < 1.29 is 23.9 Å². The number of aryl methyl sites for hydroxylation is 1. The fourth-order valence-electron chi connectivity index (χ4n) is 2.28. The number of rotatable bonds is 7. The van der Waals surface area contributed by atoms with E-state index in [1.807, 2.05) is 13.8 Å². The van der Waals surface area contributed by atoms with Crippen molar-refractivity contribution in [2.24, 2.45) is 0 Å². The molecule has 0 atom stereocenters. The molecule has 8 nitrogen and oxygen atoms in total. The average Bonchev–Trinajstić information content (AvgIpc) is 3.18. The van der Waals surface area contributed by atoms with Gasteiger partial charge < -0.3 is 14.8 Å². The molecule has 0 spiro atoms. The Kier molecular flexibility index (Phi) is 6.98. The van der Waals surface area contributed by atoms with Crippen LogP contribution in [0.25, 0.3) is 0 Å². The van der Waals surface area contributed by atoms with Gasteiger partial charge in [-0.3, -0.25) is 9.48 Å². The van der Waals surface area contributed by atoms with Crippen LogP contribution in [0.1, 0.15) is 56.3 Å². The van der Waals surface area contributed by atoms with E-state index in [1.165, 1.54) is 18.0 Å². The van der Waals surface area contributed by atoms with E-state index in [0.29, 0.717) is 18.5 Å². The third-order valence-corrected chi connectivity index (χ3v) is 5.11. The predicted molar refractivity (Wildman–Crippen MR) is 102 cm³/mol. The van der Waals surface area contributed by atoms with Gasteiger partial charge in [0, 0.05) is 12.7 Å². The molecule has 0 aliphatic rings. The van der Waals surface area contributed by atoms with Gasteiger partial charge in [-0.15, -0.1) is 11.3 Å². The maximum atomic E-state index is 12.6. The number of esters is 2. The quantitative estimate of drug-likeness (QED) is 0.697. The lowest BCUT2D eigenvalue weighted by molar-refractivity contribution is 0.0506. The number of carbonyl (C=O) groups is 3. The van der Waals surface area contributed by atoms with E-state index in [9.17, 15) is 14.4 Å². The Morgan fingerprint density at radius 3 is 2.56 bits per heavy atom. The number of nitrogens with zero attached hydrogens (tertiary/aromatic N) is 2. The largest absolute Gasteiger partial charge is 0.465 e. The molecule has 0 aliphatic heterocycles. The molecule has 2 aromatic heterocycles. The molecule has 27 heavy (non-hydrogen) atoms. The van der Waals surface area contributed by atoms with Crippen molar-refractivity contribution in [3.8, 4) is 0 Å². The van der Waals surface area contributed by atoms with Crippen LogP contribution in [0.4, 0.5) is 5.00 Å². The highest BCUT2D eigenvalue weighted by Gasteiger charge is 2.28. The lowest BCUT2D eigenvalue weighted by Crippen LogP contribution is -2.16. The van der Waals surface area contributed by atoms with Gasteiger partial charge in [-0.05, 0) is 25.8 Å². The molecule has 0 bridgehead atoms. The van der Waals surface area contributed by atoms with E-state index in [0.717, 1.165) is 11.3 Å². The van der Waals surface area contributed by atoms with Gasteiger partial charge in [-0.2, -0.15) is 5.10 Å². The highest BCUT2D eigenvalue weighted by Crippen LogP contribution is 2.34. The Morgan fingerprint density at radius 2 is 2.00 bits per heavy atom. The molecule has 0 fully saturated rings. The first-order valence-electron chi connectivity index (χ1n) is 8.27. The molecule has 0 aromatic carbocycles. The SMILES string of the molecule is CCCOC(=O)c1c(NC(=O)c2nn(CC)cc2Cl)sc(C(=O)OC)c1C. The Morgan fingerprint density at radius 1 is 1.30 bits per heavy atom. The maximum Gasteiger partial charge on any atom is 0.348 e. The minimum atomic E-state index is -0.624. The summed E-state index contributed by atoms with van der Waals surface area (Å²) < 4.78 is 11.4. The normalized spacial score (nSPS) is 10.6. The van der Waals surface area contributed by atoms with Gasteiger partial charge in [0.1, 0.15) is 9.88 Å². The van der Waals surface area contributed by atoms with E-state index in [4.69, 9.17) is 21.1 Å². The molecule has 2 rings (SSSR count). The number of anilines is 1. The van der Waals surface area contributed by atoms with Gasteiger partial charge in [0.15, 0.2) is 5.69 Å². The molecule has 0 saturated carbocycles. The van der Waals surface area contributed by atoms with E-state index in [-0.39, 0.29) is 32.8 Å². The number of carbonyl (C=O) groups excluding carboxylic acids is 3. The first-order valence-corrected chi connectivity index (χ1v) is 9.46. The minimum Gasteiger partial charge on any atom is -0.465 e. The standard InChI is InChI=1S/C17H20ClN3O5S/c1-5-7-26-16(23)11-9(3)13(17(24)25-4)27-15(11)19-14(22)12-10(18)8-21(6-2)20-12/h8H,5-7H2,1-4H3,(H,19,22). The van der Waals surface area contributed by atoms with Crippen LogP contribution in [0.3, 0.4) is 0 Å². The van der Waals surface area contributed by atoms with Gasteiger partial charge in [-0.1, -0.05) is 18.5 Å². The number of methoxy groups -OCH3 is 1. The summed E-state index contributed by atoms with van der Waals surface area (Å²) >= 11 is 7.00. The number of hydrogen-bond donors (Lipinski definition) is 1. The van der Waals surface area contributed by atoms with Crippen LogP contribution in [0.5, 0.6) is 0 Å². The molecule has 0 saturated heterocycles. The van der Waals surface area contributed by atoms with E-state index in [2.05, 4.69) is 10.4 Å². The van der Waals surface area contributed by atoms with Crippen LogP contribution in [-0.2, 0) is 16.0 Å². The number of thiophene rings is 1. The summed E-state index contributed by atoms with van der Waals surface area (Å²) in [4.78, 5) is 37.2. The summed E-state index contributed by atoms with van der Waals surface area (Å²) in [6.45, 7) is 6.09. The number of amides is 1. The summed E-state index contributed by atoms with van der Waals surface area (Å²) in [5.74, 6) is -1.81. The summed E-state index contributed by atoms with van der Waals surface area (Å²) in [6, 6.07) is 0. The number of ether oxygens (including phenoxy) is 2. The Bertz CT molecular complexity index is 874. The maximum absolute atomic E-state index is 12.6. The van der Waals surface area contributed by atoms with Crippen LogP contribution < -0.4 is 5.32 Å². The topological polar surface area (TPSA) is 99.5 Å². The van der Waals surface area contributed by atoms with Crippen molar-refractivity contribution in [2.75, 3.05) is 19.0 Å². The lowest BCUT2D eigenvalue weighted by atomic mass is 10.1. The van der Waals surface area contributed by atoms with Crippen LogP contribution in [-0.4, -0.2) is 41.3 Å². The molecular weight excluding hydrogens is 394 g/mol. The molecular formula is C17H20ClN3O5S. The molecule has 10 heteroatoms. The number of aromatic nitrogens is 2. The van der Waals surface area contributed by atoms with Crippen molar-refractivity contribution in [2.45, 2.75) is 33.7 Å². The zero-order chi connectivity index (χ0) is 20.1. The Balaban J connectivity index is 2.41.